The van der Waals surface area contributed by atoms with Crippen LogP contribution < -0.4 is 11.4 Å². The van der Waals surface area contributed by atoms with Crippen LogP contribution in [-0.4, -0.2) is 50.5 Å². The molecule has 6 rings (SSSR count). The average molecular weight is 523 g/mol. The van der Waals surface area contributed by atoms with E-state index >= 15 is 0 Å². The van der Waals surface area contributed by atoms with E-state index in [-0.39, 0.29) is 11.7 Å². The molecule has 8 nitrogen and oxygen atoms in total. The predicted molar refractivity (Wildman–Crippen MR) is 156 cm³/mol. The van der Waals surface area contributed by atoms with Crippen molar-refractivity contribution < 1.29 is 4.79 Å². The number of aromatic nitrogens is 4. The van der Waals surface area contributed by atoms with Gasteiger partial charge in [0.2, 0.25) is 5.91 Å². The predicted octanol–water partition coefficient (Wildman–Crippen LogP) is 5.16. The van der Waals surface area contributed by atoms with Crippen molar-refractivity contribution in [2.45, 2.75) is 39.7 Å². The molecule has 1 saturated heterocycles. The van der Waals surface area contributed by atoms with Gasteiger partial charge in [-0.3, -0.25) is 9.36 Å². The molecule has 4 N–H and O–H groups in total. The van der Waals surface area contributed by atoms with Gasteiger partial charge in [0.05, 0.1) is 11.0 Å². The summed E-state index contributed by atoms with van der Waals surface area (Å²) in [5, 5.41) is 0.990. The van der Waals surface area contributed by atoms with Crippen LogP contribution in [0.3, 0.4) is 0 Å². The number of hydrogen-bond donors (Lipinski definition) is 3. The van der Waals surface area contributed by atoms with Crippen LogP contribution in [0, 0.1) is 19.8 Å². The molecule has 0 spiro atoms. The smallest absolute Gasteiger partial charge is 0.326 e. The minimum absolute atomic E-state index is 0.0553. The molecule has 200 valence electrons. The van der Waals surface area contributed by atoms with Gasteiger partial charge in [0, 0.05) is 40.5 Å². The molecule has 5 aromatic rings. The lowest BCUT2D eigenvalue weighted by atomic mass is 9.90. The van der Waals surface area contributed by atoms with E-state index in [1.54, 1.807) is 6.07 Å². The highest BCUT2D eigenvalue weighted by molar-refractivity contribution is 5.99. The number of amides is 1. The Hall–Kier alpha value is -4.17. The molecule has 2 aromatic carbocycles. The SMILES string of the molecule is Cc1c(C(N)=O)ccc(-c2c[nH]c3ncc(-c4ccc5c(c4)[nH]c(=O)n5C(C)C4CCN(C)CC4)cc23)c1C. The minimum atomic E-state index is -0.423. The summed E-state index contributed by atoms with van der Waals surface area (Å²) in [6.45, 7) is 8.24. The second kappa shape index (κ2) is 9.54. The number of fused-ring (bicyclic) bond motifs is 2. The second-order valence-electron chi connectivity index (χ2n) is 11.0. The monoisotopic (exact) mass is 522 g/mol. The minimum Gasteiger partial charge on any atom is -0.366 e. The topological polar surface area (TPSA) is 113 Å². The van der Waals surface area contributed by atoms with E-state index < -0.39 is 5.91 Å². The summed E-state index contributed by atoms with van der Waals surface area (Å²) >= 11 is 0. The van der Waals surface area contributed by atoms with E-state index in [1.165, 1.54) is 0 Å². The number of nitrogens with two attached hydrogens (primary N) is 1. The highest BCUT2D eigenvalue weighted by Crippen LogP contribution is 2.35. The molecule has 1 atom stereocenters. The number of primary amides is 1. The fourth-order valence-electron chi connectivity index (χ4n) is 6.20. The maximum Gasteiger partial charge on any atom is 0.326 e. The Morgan fingerprint density at radius 3 is 2.56 bits per heavy atom. The van der Waals surface area contributed by atoms with Crippen LogP contribution >= 0.6 is 0 Å². The quantitative estimate of drug-likeness (QED) is 0.296. The number of nitrogens with zero attached hydrogens (tertiary/aromatic N) is 3. The second-order valence-corrected chi connectivity index (χ2v) is 11.0. The van der Waals surface area contributed by atoms with Gasteiger partial charge in [-0.25, -0.2) is 9.78 Å². The maximum atomic E-state index is 13.1. The largest absolute Gasteiger partial charge is 0.366 e. The van der Waals surface area contributed by atoms with Crippen molar-refractivity contribution in [2.75, 3.05) is 20.1 Å². The van der Waals surface area contributed by atoms with Gasteiger partial charge in [-0.05, 0) is 106 Å². The van der Waals surface area contributed by atoms with Crippen molar-refractivity contribution in [3.05, 3.63) is 76.0 Å². The van der Waals surface area contributed by atoms with Crippen LogP contribution in [0.2, 0.25) is 0 Å². The highest BCUT2D eigenvalue weighted by atomic mass is 16.1. The van der Waals surface area contributed by atoms with Gasteiger partial charge in [-0.2, -0.15) is 0 Å². The van der Waals surface area contributed by atoms with E-state index in [1.807, 2.05) is 49.0 Å². The van der Waals surface area contributed by atoms with E-state index in [4.69, 9.17) is 5.73 Å². The number of carbonyl (C=O) groups excluding carboxylic acids is 1. The van der Waals surface area contributed by atoms with E-state index in [2.05, 4.69) is 46.0 Å². The third-order valence-corrected chi connectivity index (χ3v) is 8.78. The molecule has 3 aromatic heterocycles. The number of nitrogens with one attached hydrogen (secondary N) is 2. The summed E-state index contributed by atoms with van der Waals surface area (Å²) in [6.07, 6.45) is 6.01. The Morgan fingerprint density at radius 1 is 1.05 bits per heavy atom. The van der Waals surface area contributed by atoms with Crippen molar-refractivity contribution >= 4 is 28.0 Å². The van der Waals surface area contributed by atoms with Gasteiger partial charge in [0.1, 0.15) is 5.65 Å². The van der Waals surface area contributed by atoms with Gasteiger partial charge in [-0.15, -0.1) is 0 Å². The number of rotatable bonds is 5. The number of benzene rings is 2. The zero-order valence-electron chi connectivity index (χ0n) is 22.8. The Kier molecular flexibility index (Phi) is 6.14. The third kappa shape index (κ3) is 4.25. The third-order valence-electron chi connectivity index (χ3n) is 8.78. The number of hydrogen-bond acceptors (Lipinski definition) is 4. The lowest BCUT2D eigenvalue weighted by Crippen LogP contribution is -2.35. The summed E-state index contributed by atoms with van der Waals surface area (Å²) < 4.78 is 1.93. The van der Waals surface area contributed by atoms with Crippen molar-refractivity contribution in [1.82, 2.24) is 24.4 Å². The number of pyridine rings is 1. The maximum absolute atomic E-state index is 13.1. The summed E-state index contributed by atoms with van der Waals surface area (Å²) in [5.41, 5.74) is 14.5. The van der Waals surface area contributed by atoms with E-state index in [9.17, 15) is 9.59 Å². The molecule has 1 amide bonds. The molecule has 39 heavy (non-hydrogen) atoms. The fraction of sp³-hybridized carbons (Fsp3) is 0.323. The van der Waals surface area contributed by atoms with Gasteiger partial charge in [0.15, 0.2) is 0 Å². The summed E-state index contributed by atoms with van der Waals surface area (Å²) in [4.78, 5) is 38.3. The lowest BCUT2D eigenvalue weighted by molar-refractivity contribution is 0.0999. The van der Waals surface area contributed by atoms with Crippen molar-refractivity contribution in [3.8, 4) is 22.3 Å². The zero-order valence-corrected chi connectivity index (χ0v) is 22.8. The molecular formula is C31H34N6O2. The first-order valence-electron chi connectivity index (χ1n) is 13.5. The Balaban J connectivity index is 1.38. The first-order valence-corrected chi connectivity index (χ1v) is 13.5. The molecule has 0 saturated carbocycles. The van der Waals surface area contributed by atoms with Gasteiger partial charge in [-0.1, -0.05) is 12.1 Å². The number of imidazole rings is 1. The summed E-state index contributed by atoms with van der Waals surface area (Å²) in [7, 11) is 2.16. The van der Waals surface area contributed by atoms with Crippen molar-refractivity contribution in [1.29, 1.82) is 0 Å². The van der Waals surface area contributed by atoms with Crippen LogP contribution in [-0.2, 0) is 0 Å². The number of likely N-dealkylation sites (tertiary alicyclic amines) is 1. The Bertz CT molecular complexity index is 1780. The lowest BCUT2D eigenvalue weighted by Gasteiger charge is -2.33. The Morgan fingerprint density at radius 2 is 1.82 bits per heavy atom. The highest BCUT2D eigenvalue weighted by Gasteiger charge is 2.26. The average Bonchev–Trinajstić information content (AvgIpc) is 3.49. The van der Waals surface area contributed by atoms with Gasteiger partial charge >= 0.3 is 5.69 Å². The molecule has 0 radical (unpaired) electrons. The van der Waals surface area contributed by atoms with Crippen LogP contribution in [0.5, 0.6) is 0 Å². The molecule has 1 aliphatic heterocycles. The molecular weight excluding hydrogens is 488 g/mol. The zero-order chi connectivity index (χ0) is 27.4. The standard InChI is InChI=1S/C31H34N6O2/c1-17-18(2)24(29(32)38)7-6-23(17)26-16-34-30-25(26)13-22(15-33-30)21-5-8-28-27(14-21)35-31(39)37(28)19(3)20-9-11-36(4)12-10-20/h5-8,13-16,19-20H,9-12H2,1-4H3,(H2,32,38)(H,33,34)(H,35,39). The number of H-pyrrole nitrogens is 2. The van der Waals surface area contributed by atoms with E-state index in [0.29, 0.717) is 11.5 Å². The summed E-state index contributed by atoms with van der Waals surface area (Å²) in [6, 6.07) is 12.2. The van der Waals surface area contributed by atoms with Crippen LogP contribution in [0.15, 0.2) is 53.6 Å². The number of aromatic amines is 2. The van der Waals surface area contributed by atoms with Crippen LogP contribution in [0.4, 0.5) is 0 Å². The normalized spacial score (nSPS) is 15.8. The van der Waals surface area contributed by atoms with Gasteiger partial charge < -0.3 is 20.6 Å². The van der Waals surface area contributed by atoms with Crippen molar-refractivity contribution in [3.63, 3.8) is 0 Å². The van der Waals surface area contributed by atoms with Gasteiger partial charge in [0.25, 0.3) is 0 Å². The van der Waals surface area contributed by atoms with E-state index in [0.717, 1.165) is 81.4 Å². The molecule has 1 aliphatic rings. The number of carbonyl (C=O) groups is 1. The molecule has 1 fully saturated rings. The van der Waals surface area contributed by atoms with Crippen molar-refractivity contribution in [2.24, 2.45) is 11.7 Å². The molecule has 1 unspecified atom stereocenters. The first kappa shape index (κ1) is 25.1. The fourth-order valence-corrected chi connectivity index (χ4v) is 6.20. The number of piperidine rings is 1. The van der Waals surface area contributed by atoms with Crippen LogP contribution in [0.1, 0.15) is 47.3 Å². The van der Waals surface area contributed by atoms with Crippen LogP contribution in [0.25, 0.3) is 44.3 Å². The molecule has 0 aliphatic carbocycles. The first-order chi connectivity index (χ1) is 18.7. The summed E-state index contributed by atoms with van der Waals surface area (Å²) in [5.74, 6) is 0.0633. The molecule has 8 heteroatoms. The molecule has 4 heterocycles. The molecule has 0 bridgehead atoms. The Labute approximate surface area is 226 Å².